The first-order valence-corrected chi connectivity index (χ1v) is 3.70. The van der Waals surface area contributed by atoms with E-state index in [1.54, 1.807) is 13.8 Å². The molecule has 0 spiro atoms. The molecule has 1 aromatic carbocycles. The van der Waals surface area contributed by atoms with Gasteiger partial charge in [0.05, 0.1) is 0 Å². The second-order valence-corrected chi connectivity index (χ2v) is 2.89. The van der Waals surface area contributed by atoms with E-state index in [2.05, 4.69) is 0 Å². The van der Waals surface area contributed by atoms with Gasteiger partial charge < -0.3 is 15.3 Å². The summed E-state index contributed by atoms with van der Waals surface area (Å²) in [4.78, 5) is 10.6. The SMILES string of the molecule is Cc1cc(C)c(O)c(C(=O)O)c1O. The highest BCUT2D eigenvalue weighted by Gasteiger charge is 2.18. The molecule has 0 amide bonds. The van der Waals surface area contributed by atoms with E-state index < -0.39 is 11.5 Å². The molecule has 4 heteroatoms. The van der Waals surface area contributed by atoms with Crippen LogP contribution < -0.4 is 0 Å². The number of carboxylic acids is 1. The maximum Gasteiger partial charge on any atom is 0.343 e. The lowest BCUT2D eigenvalue weighted by atomic mass is 10.0. The minimum Gasteiger partial charge on any atom is -0.507 e. The van der Waals surface area contributed by atoms with Crippen LogP contribution in [0, 0.1) is 13.8 Å². The Morgan fingerprint density at radius 2 is 1.54 bits per heavy atom. The molecule has 0 aromatic heterocycles. The van der Waals surface area contributed by atoms with Crippen LogP contribution in [-0.2, 0) is 0 Å². The van der Waals surface area contributed by atoms with E-state index in [0.29, 0.717) is 11.1 Å². The van der Waals surface area contributed by atoms with Crippen LogP contribution >= 0.6 is 0 Å². The summed E-state index contributed by atoms with van der Waals surface area (Å²) in [5.41, 5.74) is 0.443. The van der Waals surface area contributed by atoms with E-state index in [0.717, 1.165) is 0 Å². The largest absolute Gasteiger partial charge is 0.507 e. The molecule has 0 aliphatic carbocycles. The fourth-order valence-electron chi connectivity index (χ4n) is 1.17. The molecule has 0 saturated heterocycles. The standard InChI is InChI=1S/C9H10O4/c1-4-3-5(2)8(11)6(7(4)10)9(12)13/h3,10-11H,1-2H3,(H,12,13). The van der Waals surface area contributed by atoms with E-state index in [9.17, 15) is 15.0 Å². The third-order valence-electron chi connectivity index (χ3n) is 1.87. The number of aryl methyl sites for hydroxylation is 2. The van der Waals surface area contributed by atoms with Crippen LogP contribution in [0.1, 0.15) is 21.5 Å². The number of hydrogen-bond donors (Lipinski definition) is 3. The number of aromatic carboxylic acids is 1. The first-order chi connectivity index (χ1) is 5.95. The molecule has 1 rings (SSSR count). The maximum atomic E-state index is 10.6. The van der Waals surface area contributed by atoms with Crippen LogP contribution in [0.3, 0.4) is 0 Å². The molecule has 4 nitrogen and oxygen atoms in total. The molecule has 0 unspecified atom stereocenters. The Kier molecular flexibility index (Phi) is 2.14. The third kappa shape index (κ3) is 1.42. The lowest BCUT2D eigenvalue weighted by molar-refractivity contribution is 0.0690. The summed E-state index contributed by atoms with van der Waals surface area (Å²) in [6.07, 6.45) is 0. The summed E-state index contributed by atoms with van der Waals surface area (Å²) in [6.45, 7) is 3.16. The highest BCUT2D eigenvalue weighted by molar-refractivity contribution is 5.95. The van der Waals surface area contributed by atoms with Gasteiger partial charge in [0.15, 0.2) is 0 Å². The topological polar surface area (TPSA) is 77.8 Å². The van der Waals surface area contributed by atoms with Crippen LogP contribution in [0.2, 0.25) is 0 Å². The molecule has 0 saturated carbocycles. The zero-order valence-electron chi connectivity index (χ0n) is 7.33. The van der Waals surface area contributed by atoms with Crippen molar-refractivity contribution < 1.29 is 20.1 Å². The van der Waals surface area contributed by atoms with Gasteiger partial charge in [-0.1, -0.05) is 0 Å². The number of aromatic hydroxyl groups is 2. The molecular formula is C9H10O4. The van der Waals surface area contributed by atoms with Crippen LogP contribution in [0.5, 0.6) is 11.5 Å². The normalized spacial score (nSPS) is 10.0. The van der Waals surface area contributed by atoms with Crippen LogP contribution in [0.15, 0.2) is 6.07 Å². The van der Waals surface area contributed by atoms with Crippen LogP contribution in [-0.4, -0.2) is 21.3 Å². The monoisotopic (exact) mass is 182 g/mol. The number of phenols is 2. The minimum atomic E-state index is -1.33. The fourth-order valence-corrected chi connectivity index (χ4v) is 1.17. The quantitative estimate of drug-likeness (QED) is 0.613. The predicted octanol–water partition coefficient (Wildman–Crippen LogP) is 1.41. The van der Waals surface area contributed by atoms with Gasteiger partial charge in [0.25, 0.3) is 0 Å². The van der Waals surface area contributed by atoms with Crippen molar-refractivity contribution in [3.05, 3.63) is 22.8 Å². The van der Waals surface area contributed by atoms with Crippen molar-refractivity contribution in [1.29, 1.82) is 0 Å². The molecule has 0 bridgehead atoms. The Labute approximate surface area is 75.1 Å². The summed E-state index contributed by atoms with van der Waals surface area (Å²) in [5, 5.41) is 27.3. The molecule has 0 atom stereocenters. The molecule has 13 heavy (non-hydrogen) atoms. The average molecular weight is 182 g/mol. The minimum absolute atomic E-state index is 0.379. The second kappa shape index (κ2) is 2.97. The summed E-state index contributed by atoms with van der Waals surface area (Å²) >= 11 is 0. The lowest BCUT2D eigenvalue weighted by Crippen LogP contribution is -2.00. The van der Waals surface area contributed by atoms with Gasteiger partial charge in [-0.3, -0.25) is 0 Å². The van der Waals surface area contributed by atoms with Crippen molar-refractivity contribution in [2.45, 2.75) is 13.8 Å². The first kappa shape index (κ1) is 9.38. The number of rotatable bonds is 1. The Morgan fingerprint density at radius 1 is 1.15 bits per heavy atom. The van der Waals surface area contributed by atoms with Gasteiger partial charge in [-0.25, -0.2) is 4.79 Å². The highest BCUT2D eigenvalue weighted by atomic mass is 16.4. The number of hydrogen-bond acceptors (Lipinski definition) is 3. The van der Waals surface area contributed by atoms with Gasteiger partial charge in [-0.2, -0.15) is 0 Å². The van der Waals surface area contributed by atoms with Crippen LogP contribution in [0.25, 0.3) is 0 Å². The molecule has 0 radical (unpaired) electrons. The Bertz CT molecular complexity index is 342. The number of carbonyl (C=O) groups is 1. The van der Waals surface area contributed by atoms with Crippen molar-refractivity contribution in [2.75, 3.05) is 0 Å². The molecule has 70 valence electrons. The zero-order chi connectivity index (χ0) is 10.2. The van der Waals surface area contributed by atoms with E-state index in [4.69, 9.17) is 5.11 Å². The Morgan fingerprint density at radius 3 is 1.85 bits per heavy atom. The molecule has 3 N–H and O–H groups in total. The lowest BCUT2D eigenvalue weighted by Gasteiger charge is -2.08. The van der Waals surface area contributed by atoms with Gasteiger partial charge in [-0.15, -0.1) is 0 Å². The zero-order valence-corrected chi connectivity index (χ0v) is 7.33. The summed E-state index contributed by atoms with van der Waals surface area (Å²) in [5.74, 6) is -2.09. The van der Waals surface area contributed by atoms with Crippen molar-refractivity contribution in [3.8, 4) is 11.5 Å². The molecule has 0 heterocycles. The van der Waals surface area contributed by atoms with Crippen LogP contribution in [0.4, 0.5) is 0 Å². The van der Waals surface area contributed by atoms with Gasteiger partial charge in [0.1, 0.15) is 17.1 Å². The molecule has 1 aromatic rings. The van der Waals surface area contributed by atoms with Crippen molar-refractivity contribution in [2.24, 2.45) is 0 Å². The van der Waals surface area contributed by atoms with Crippen molar-refractivity contribution >= 4 is 5.97 Å². The molecular weight excluding hydrogens is 172 g/mol. The van der Waals surface area contributed by atoms with E-state index in [-0.39, 0.29) is 11.5 Å². The molecule has 0 aliphatic rings. The van der Waals surface area contributed by atoms with E-state index in [1.807, 2.05) is 0 Å². The van der Waals surface area contributed by atoms with Crippen molar-refractivity contribution in [1.82, 2.24) is 0 Å². The van der Waals surface area contributed by atoms with E-state index in [1.165, 1.54) is 6.07 Å². The summed E-state index contributed by atoms with van der Waals surface area (Å²) in [7, 11) is 0. The molecule has 0 aliphatic heterocycles. The van der Waals surface area contributed by atoms with E-state index >= 15 is 0 Å². The van der Waals surface area contributed by atoms with Gasteiger partial charge in [0.2, 0.25) is 0 Å². The predicted molar refractivity (Wildman–Crippen MR) is 46.2 cm³/mol. The Balaban J connectivity index is 3.56. The average Bonchev–Trinajstić information content (AvgIpc) is 2.01. The maximum absolute atomic E-state index is 10.6. The molecule has 0 fully saturated rings. The van der Waals surface area contributed by atoms with Gasteiger partial charge in [-0.05, 0) is 31.0 Å². The number of carboxylic acid groups (broad SMARTS) is 1. The Hall–Kier alpha value is -1.71. The first-order valence-electron chi connectivity index (χ1n) is 3.70. The second-order valence-electron chi connectivity index (χ2n) is 2.89. The van der Waals surface area contributed by atoms with Gasteiger partial charge in [0, 0.05) is 0 Å². The summed E-state index contributed by atoms with van der Waals surface area (Å²) < 4.78 is 0. The van der Waals surface area contributed by atoms with Gasteiger partial charge >= 0.3 is 5.97 Å². The highest BCUT2D eigenvalue weighted by Crippen LogP contribution is 2.33. The number of benzene rings is 1. The third-order valence-corrected chi connectivity index (χ3v) is 1.87. The summed E-state index contributed by atoms with van der Waals surface area (Å²) in [6, 6.07) is 1.52. The fraction of sp³-hybridized carbons (Fsp3) is 0.222. The van der Waals surface area contributed by atoms with Crippen molar-refractivity contribution in [3.63, 3.8) is 0 Å². The smallest absolute Gasteiger partial charge is 0.343 e.